The Hall–Kier alpha value is -3.22. The molecule has 0 radical (unpaired) electrons. The van der Waals surface area contributed by atoms with E-state index < -0.39 is 108 Å². The summed E-state index contributed by atoms with van der Waals surface area (Å²) in [5.74, 6) is -3.56. The van der Waals surface area contributed by atoms with Gasteiger partial charge in [0, 0.05) is 38.6 Å². The topological polar surface area (TPSA) is 208 Å². The second-order valence-corrected chi connectivity index (χ2v) is 22.7. The number of benzene rings is 1. The Bertz CT molecular complexity index is 1990. The first-order chi connectivity index (χ1) is 35.4. The Labute approximate surface area is 467 Å². The Balaban J connectivity index is 0.0000125. The van der Waals surface area contributed by atoms with Crippen LogP contribution >= 0.6 is 0 Å². The van der Waals surface area contributed by atoms with Crippen LogP contribution in [-0.2, 0) is 89.5 Å². The number of hydrogen-bond donors (Lipinski definition) is 2. The van der Waals surface area contributed by atoms with Gasteiger partial charge in [-0.1, -0.05) is 109 Å². The first kappa shape index (κ1) is 65.3. The van der Waals surface area contributed by atoms with Gasteiger partial charge in [0.25, 0.3) is 0 Å². The molecule has 0 aromatic heterocycles. The largest absolute Gasteiger partial charge is 2.00 e. The third kappa shape index (κ3) is 17.6. The van der Waals surface area contributed by atoms with Crippen molar-refractivity contribution >= 4 is 30.2 Å². The van der Waals surface area contributed by atoms with E-state index in [4.69, 9.17) is 52.6 Å². The van der Waals surface area contributed by atoms with Crippen LogP contribution in [0.25, 0.3) is 0 Å². The smallest absolute Gasteiger partial charge is 0.668 e. The van der Waals surface area contributed by atoms with Gasteiger partial charge < -0.3 is 67.6 Å². The molecule has 5 rings (SSSR count). The molecule has 1 aliphatic carbocycles. The molecule has 76 heavy (non-hydrogen) atoms. The minimum absolute atomic E-state index is 0. The number of carbonyl (C=O) groups excluding carboxylic acids is 4. The van der Waals surface area contributed by atoms with Gasteiger partial charge in [0.1, 0.15) is 18.3 Å². The second-order valence-electron chi connectivity index (χ2n) is 22.7. The molecule has 3 saturated heterocycles. The fraction of sp³-hybridized carbons (Fsp3) is 0.789. The minimum Gasteiger partial charge on any atom is -0.668 e. The number of cyclic esters (lactones) is 1. The maximum Gasteiger partial charge on any atom is 2.00 e. The standard InChI is InChI=1S/C57H91N3O15.W/c1-15-45-56(10,67-34-61)31-36(3)47(59-68-28-22-27-42-23-18-16-19-24-42)35(2)30-55(9,65)50(75-53-49(44(60(12)13)29-37(4)69-53)74-54(64)58-33-43-25-20-17-21-26-43)38(5)48(39(6)52(63)72-45)73-46-32-57(11,66-14)51(40(7)70-46)71-41(8)62;/h17,20-21,25-26,31,35-40,42,44-46,48-51,53,65H,15-16,18-19,22-24,27-30,32-33H2,1-14H3,(H,58,64);/q-2;+2/t35-,36-,37-,38+,39-,40+,44+,45-,46+,48+,49-,50-,51+,53+,55-,56+,57-;/m1./s1. The van der Waals surface area contributed by atoms with Gasteiger partial charge >= 0.3 is 39.1 Å². The zero-order valence-corrected chi connectivity index (χ0v) is 50.7. The molecule has 3 heterocycles. The third-order valence-electron chi connectivity index (χ3n) is 16.1. The van der Waals surface area contributed by atoms with E-state index in [-0.39, 0.29) is 59.0 Å². The monoisotopic (exact) mass is 1240 g/mol. The predicted molar refractivity (Wildman–Crippen MR) is 280 cm³/mol. The number of oxime groups is 1. The molecular weight excluding hydrogens is 1150 g/mol. The summed E-state index contributed by atoms with van der Waals surface area (Å²) in [4.78, 5) is 61.3. The van der Waals surface area contributed by atoms with Crippen molar-refractivity contribution in [2.45, 2.75) is 231 Å². The zero-order chi connectivity index (χ0) is 55.3. The molecule has 2 N–H and O–H groups in total. The van der Waals surface area contributed by atoms with E-state index in [1.165, 1.54) is 46.1 Å². The van der Waals surface area contributed by atoms with Crippen LogP contribution in [0.1, 0.15) is 152 Å². The summed E-state index contributed by atoms with van der Waals surface area (Å²) in [6.45, 7) is 21.5. The molecule has 1 saturated carbocycles. The first-order valence-corrected chi connectivity index (χ1v) is 27.5. The number of nitrogens with zero attached hydrogens (tertiary/aromatic N) is 2. The van der Waals surface area contributed by atoms with E-state index >= 15 is 0 Å². The van der Waals surface area contributed by atoms with Gasteiger partial charge in [-0.15, -0.1) is 5.92 Å². The second kappa shape index (κ2) is 29.8. The van der Waals surface area contributed by atoms with Crippen LogP contribution in [-0.4, -0.2) is 146 Å². The van der Waals surface area contributed by atoms with E-state index in [9.17, 15) is 24.3 Å². The third-order valence-corrected chi connectivity index (χ3v) is 16.1. The molecule has 1 aromatic rings. The van der Waals surface area contributed by atoms with E-state index in [2.05, 4.69) is 5.32 Å². The zero-order valence-electron chi connectivity index (χ0n) is 47.8. The molecule has 4 fully saturated rings. The van der Waals surface area contributed by atoms with Crippen LogP contribution in [0.2, 0.25) is 0 Å². The normalized spacial score (nSPS) is 37.7. The number of amides is 1. The Morgan fingerprint density at radius 3 is 2.25 bits per heavy atom. The molecule has 19 heteroatoms. The Morgan fingerprint density at radius 2 is 1.63 bits per heavy atom. The number of carbonyl (C=O) groups is 3. The molecule has 4 aliphatic rings. The predicted octanol–water partition coefficient (Wildman–Crippen LogP) is 8.39. The van der Waals surface area contributed by atoms with E-state index in [0.29, 0.717) is 24.7 Å². The van der Waals surface area contributed by atoms with Crippen LogP contribution in [0.3, 0.4) is 0 Å². The molecule has 0 bridgehead atoms. The molecule has 0 unspecified atom stereocenters. The average molecular weight is 1240 g/mol. The number of aliphatic hydroxyl groups is 1. The van der Waals surface area contributed by atoms with E-state index in [1.54, 1.807) is 47.5 Å². The van der Waals surface area contributed by atoms with Crippen LogP contribution in [0.15, 0.2) is 35.5 Å². The molecule has 18 nitrogen and oxygen atoms in total. The minimum atomic E-state index is -1.78. The van der Waals surface area contributed by atoms with Crippen molar-refractivity contribution in [2.24, 2.45) is 34.7 Å². The van der Waals surface area contributed by atoms with Crippen molar-refractivity contribution in [3.63, 3.8) is 0 Å². The van der Waals surface area contributed by atoms with Gasteiger partial charge in [0.15, 0.2) is 24.8 Å². The summed E-state index contributed by atoms with van der Waals surface area (Å²) >= 11 is 0. The summed E-state index contributed by atoms with van der Waals surface area (Å²) in [6, 6.07) is 9.09. The molecule has 1 aromatic carbocycles. The van der Waals surface area contributed by atoms with Crippen LogP contribution in [0.5, 0.6) is 0 Å². The number of esters is 2. The van der Waals surface area contributed by atoms with Crippen molar-refractivity contribution in [1.82, 2.24) is 10.2 Å². The number of methoxy groups -OCH3 is 1. The van der Waals surface area contributed by atoms with Crippen molar-refractivity contribution in [2.75, 3.05) is 27.8 Å². The van der Waals surface area contributed by atoms with Crippen LogP contribution < -0.4 is 5.32 Å². The van der Waals surface area contributed by atoms with Crippen LogP contribution in [0, 0.1) is 36.0 Å². The van der Waals surface area contributed by atoms with Crippen molar-refractivity contribution in [3.8, 4) is 0 Å². The number of likely N-dealkylation sites (N-methyl/N-ethyl adjacent to an activating group) is 1. The number of ether oxygens (including phenoxy) is 9. The fourth-order valence-corrected chi connectivity index (χ4v) is 12.1. The van der Waals surface area contributed by atoms with E-state index in [1.807, 2.05) is 83.9 Å². The van der Waals surface area contributed by atoms with Gasteiger partial charge in [-0.2, -0.15) is 0 Å². The number of hydrogen-bond acceptors (Lipinski definition) is 17. The number of rotatable bonds is 18. The van der Waals surface area contributed by atoms with Crippen LogP contribution in [0.4, 0.5) is 4.79 Å². The van der Waals surface area contributed by atoms with Gasteiger partial charge in [0.05, 0.1) is 42.0 Å². The van der Waals surface area contributed by atoms with Crippen molar-refractivity contribution in [1.29, 1.82) is 0 Å². The molecule has 17 atom stereocenters. The number of alkyl carbamates (subject to hydrolysis) is 1. The van der Waals surface area contributed by atoms with Gasteiger partial charge in [-0.3, -0.25) is 16.0 Å². The maximum atomic E-state index is 14.9. The SMILES string of the molecule is CC[C@H]1OC(=O)[C@H](C)[C@@H](O[C@H]2C[C@@](C)(OC)[C@@H](OC(C)=O)[C@H](C)O2)[C@H](C)[C@@H](O[C@@H]2O[C@H](C)C[C@H](N(C)C)[C@H]2OC(=O)NCc2ccccc2)[C@](C)(O)C[C@@H](C)C(=NOCCCC2CCCCC2)[C@H](C)[CH-][C@]1(C)O[C-]=O.[W+2]. The summed E-state index contributed by atoms with van der Waals surface area (Å²) in [5.41, 5.74) is -2.92. The van der Waals surface area contributed by atoms with Gasteiger partial charge in [-0.05, 0) is 104 Å². The van der Waals surface area contributed by atoms with E-state index in [0.717, 1.165) is 18.4 Å². The Kier molecular flexibility index (Phi) is 25.6. The van der Waals surface area contributed by atoms with Crippen molar-refractivity contribution < 1.29 is 92.8 Å². The molecule has 430 valence electrons. The molecule has 3 aliphatic heterocycles. The summed E-state index contributed by atoms with van der Waals surface area (Å²) < 4.78 is 57.4. The fourth-order valence-electron chi connectivity index (χ4n) is 12.1. The number of nitrogens with one attached hydrogen (secondary N) is 1. The van der Waals surface area contributed by atoms with Crippen molar-refractivity contribution in [3.05, 3.63) is 42.3 Å². The average Bonchev–Trinajstić information content (AvgIpc) is 3.35. The molecule has 0 spiro atoms. The molecular formula is C57H91N3O15W. The maximum absolute atomic E-state index is 14.9. The summed E-state index contributed by atoms with van der Waals surface area (Å²) in [6.07, 6.45) is 1.51. The first-order valence-electron chi connectivity index (χ1n) is 27.5. The van der Waals surface area contributed by atoms with Gasteiger partial charge in [-0.25, -0.2) is 4.79 Å². The summed E-state index contributed by atoms with van der Waals surface area (Å²) in [7, 11) is 5.31. The quantitative estimate of drug-likeness (QED) is 0.0465. The molecule has 1 amide bonds. The summed E-state index contributed by atoms with van der Waals surface area (Å²) in [5, 5.41) is 21.0. The Morgan fingerprint density at radius 1 is 0.947 bits per heavy atom. The van der Waals surface area contributed by atoms with Gasteiger partial charge in [0.2, 0.25) is 0 Å².